The molecule has 0 radical (unpaired) electrons. The van der Waals surface area contributed by atoms with Crippen LogP contribution in [0, 0.1) is 13.8 Å². The molecule has 0 saturated carbocycles. The van der Waals surface area contributed by atoms with Crippen molar-refractivity contribution in [1.29, 1.82) is 0 Å². The predicted octanol–water partition coefficient (Wildman–Crippen LogP) is 5.83. The van der Waals surface area contributed by atoms with Crippen molar-refractivity contribution in [3.63, 3.8) is 0 Å². The number of amidine groups is 1. The number of carbonyl (C=O) groups excluding carboxylic acids is 1. The molecule has 1 saturated heterocycles. The summed E-state index contributed by atoms with van der Waals surface area (Å²) in [5.41, 5.74) is 7.85. The molecule has 2 aliphatic heterocycles. The Labute approximate surface area is 182 Å². The molecule has 5 heteroatoms. The Balaban J connectivity index is 1.62. The van der Waals surface area contributed by atoms with Crippen molar-refractivity contribution in [3.05, 3.63) is 69.6 Å². The Hall–Kier alpha value is -2.79. The quantitative estimate of drug-likeness (QED) is 0.626. The van der Waals surface area contributed by atoms with Crippen LogP contribution >= 0.6 is 11.8 Å². The molecule has 2 aliphatic rings. The topological polar surface area (TPSA) is 44.7 Å². The largest absolute Gasteiger partial charge is 0.366 e. The van der Waals surface area contributed by atoms with Crippen LogP contribution < -0.4 is 10.2 Å². The smallest absolute Gasteiger partial charge is 0.264 e. The van der Waals surface area contributed by atoms with E-state index in [1.807, 2.05) is 32.1 Å². The van der Waals surface area contributed by atoms with E-state index in [-0.39, 0.29) is 11.4 Å². The number of aliphatic imine (C=N–C) groups is 1. The Morgan fingerprint density at radius 2 is 1.77 bits per heavy atom. The van der Waals surface area contributed by atoms with Crippen LogP contribution in [0.3, 0.4) is 0 Å². The van der Waals surface area contributed by atoms with Crippen LogP contribution in [-0.2, 0) is 4.79 Å². The zero-order valence-corrected chi connectivity index (χ0v) is 19.1. The highest BCUT2D eigenvalue weighted by atomic mass is 32.2. The van der Waals surface area contributed by atoms with Gasteiger partial charge in [0.15, 0.2) is 5.17 Å². The van der Waals surface area contributed by atoms with Gasteiger partial charge in [0.1, 0.15) is 0 Å². The number of aryl methyl sites for hydroxylation is 2. The predicted molar refractivity (Wildman–Crippen MR) is 129 cm³/mol. The van der Waals surface area contributed by atoms with Crippen molar-refractivity contribution in [3.8, 4) is 0 Å². The standard InChI is InChI=1S/C25H27N3OS/c1-15-9-16(2)11-19(10-15)26-24-27-23(29)22(30-24)13-18-7-8-21-20(12-18)17(3)14-25(4,5)28(21)6/h7-14H,1-6H3,(H,26,27,29)/b22-13+. The molecule has 2 aromatic carbocycles. The maximum Gasteiger partial charge on any atom is 0.264 e. The summed E-state index contributed by atoms with van der Waals surface area (Å²) >= 11 is 1.38. The molecule has 1 fully saturated rings. The van der Waals surface area contributed by atoms with E-state index in [9.17, 15) is 4.79 Å². The number of anilines is 1. The van der Waals surface area contributed by atoms with Gasteiger partial charge in [-0.1, -0.05) is 18.2 Å². The number of fused-ring (bicyclic) bond motifs is 1. The second-order valence-corrected chi connectivity index (χ2v) is 9.67. The van der Waals surface area contributed by atoms with E-state index in [0.29, 0.717) is 10.1 Å². The summed E-state index contributed by atoms with van der Waals surface area (Å²) in [5.74, 6) is -0.105. The van der Waals surface area contributed by atoms with Gasteiger partial charge in [-0.2, -0.15) is 0 Å². The van der Waals surface area contributed by atoms with Gasteiger partial charge in [0.05, 0.1) is 16.1 Å². The molecule has 1 N–H and O–H groups in total. The van der Waals surface area contributed by atoms with Crippen LogP contribution in [0.1, 0.15) is 43.0 Å². The van der Waals surface area contributed by atoms with Crippen molar-refractivity contribution in [2.45, 2.75) is 40.2 Å². The number of amides is 1. The monoisotopic (exact) mass is 417 g/mol. The molecule has 0 aliphatic carbocycles. The number of nitrogens with one attached hydrogen (secondary N) is 1. The highest BCUT2D eigenvalue weighted by Gasteiger charge is 2.29. The SMILES string of the molecule is CC1=CC(C)(C)N(C)c2ccc(/C=C3/SC(=Nc4cc(C)cc(C)c4)NC3=O)cc21. The van der Waals surface area contributed by atoms with Gasteiger partial charge in [0, 0.05) is 18.3 Å². The maximum absolute atomic E-state index is 12.5. The maximum atomic E-state index is 12.5. The molecule has 1 amide bonds. The number of hydrogen-bond donors (Lipinski definition) is 1. The Morgan fingerprint density at radius 1 is 1.07 bits per heavy atom. The minimum atomic E-state index is -0.105. The van der Waals surface area contributed by atoms with Crippen molar-refractivity contribution >= 4 is 45.9 Å². The first-order valence-electron chi connectivity index (χ1n) is 10.1. The molecule has 4 rings (SSSR count). The van der Waals surface area contributed by atoms with Gasteiger partial charge in [-0.05, 0) is 99.0 Å². The average molecular weight is 418 g/mol. The fourth-order valence-electron chi connectivity index (χ4n) is 4.03. The van der Waals surface area contributed by atoms with E-state index in [0.717, 1.165) is 22.4 Å². The van der Waals surface area contributed by atoms with Crippen LogP contribution in [0.25, 0.3) is 11.6 Å². The molecule has 2 aromatic rings. The summed E-state index contributed by atoms with van der Waals surface area (Å²) < 4.78 is 0. The highest BCUT2D eigenvalue weighted by molar-refractivity contribution is 8.18. The minimum absolute atomic E-state index is 0.0161. The summed E-state index contributed by atoms with van der Waals surface area (Å²) in [4.78, 5) is 20.1. The Morgan fingerprint density at radius 3 is 2.47 bits per heavy atom. The zero-order chi connectivity index (χ0) is 21.6. The van der Waals surface area contributed by atoms with E-state index in [2.05, 4.69) is 73.4 Å². The van der Waals surface area contributed by atoms with Gasteiger partial charge in [-0.15, -0.1) is 0 Å². The third-order valence-corrected chi connectivity index (χ3v) is 6.54. The summed E-state index contributed by atoms with van der Waals surface area (Å²) in [5, 5.41) is 3.50. The third-order valence-electron chi connectivity index (χ3n) is 5.63. The number of allylic oxidation sites excluding steroid dienone is 1. The number of likely N-dealkylation sites (N-methyl/N-ethyl adjacent to an activating group) is 1. The van der Waals surface area contributed by atoms with Crippen molar-refractivity contribution in [1.82, 2.24) is 5.32 Å². The van der Waals surface area contributed by atoms with E-state index in [1.54, 1.807) is 0 Å². The molecule has 0 atom stereocenters. The number of carbonyl (C=O) groups is 1. The average Bonchev–Trinajstić information content (AvgIpc) is 2.97. The van der Waals surface area contributed by atoms with Gasteiger partial charge >= 0.3 is 0 Å². The van der Waals surface area contributed by atoms with E-state index in [1.165, 1.54) is 28.6 Å². The molecule has 0 aromatic heterocycles. The van der Waals surface area contributed by atoms with Gasteiger partial charge in [0.25, 0.3) is 5.91 Å². The first-order valence-corrected chi connectivity index (χ1v) is 10.9. The lowest BCUT2D eigenvalue weighted by Crippen LogP contribution is -2.42. The number of hydrogen-bond acceptors (Lipinski definition) is 4. The van der Waals surface area contributed by atoms with Gasteiger partial charge in [0.2, 0.25) is 0 Å². The van der Waals surface area contributed by atoms with Gasteiger partial charge in [-0.3, -0.25) is 4.79 Å². The molecular weight excluding hydrogens is 390 g/mol. The molecule has 30 heavy (non-hydrogen) atoms. The van der Waals surface area contributed by atoms with Crippen molar-refractivity contribution < 1.29 is 4.79 Å². The number of benzene rings is 2. The van der Waals surface area contributed by atoms with Crippen LogP contribution in [-0.4, -0.2) is 23.7 Å². The molecule has 0 spiro atoms. The molecule has 0 bridgehead atoms. The van der Waals surface area contributed by atoms with Crippen molar-refractivity contribution in [2.75, 3.05) is 11.9 Å². The second-order valence-electron chi connectivity index (χ2n) is 8.64. The summed E-state index contributed by atoms with van der Waals surface area (Å²) in [6, 6.07) is 12.5. The van der Waals surface area contributed by atoms with E-state index >= 15 is 0 Å². The van der Waals surface area contributed by atoms with Crippen LogP contribution in [0.4, 0.5) is 11.4 Å². The summed E-state index contributed by atoms with van der Waals surface area (Å²) in [6.07, 6.45) is 4.23. The summed E-state index contributed by atoms with van der Waals surface area (Å²) in [7, 11) is 2.12. The van der Waals surface area contributed by atoms with E-state index in [4.69, 9.17) is 0 Å². The van der Waals surface area contributed by atoms with Gasteiger partial charge < -0.3 is 10.2 Å². The minimum Gasteiger partial charge on any atom is -0.366 e. The Kier molecular flexibility index (Phi) is 5.10. The fraction of sp³-hybridized carbons (Fsp3) is 0.280. The van der Waals surface area contributed by atoms with Crippen LogP contribution in [0.5, 0.6) is 0 Å². The fourth-order valence-corrected chi connectivity index (χ4v) is 4.87. The highest BCUT2D eigenvalue weighted by Crippen LogP contribution is 2.39. The number of rotatable bonds is 2. The number of thioether (sulfide) groups is 1. The van der Waals surface area contributed by atoms with Crippen molar-refractivity contribution in [2.24, 2.45) is 4.99 Å². The van der Waals surface area contributed by atoms with Crippen LogP contribution in [0.15, 0.2) is 52.4 Å². The van der Waals surface area contributed by atoms with Crippen LogP contribution in [0.2, 0.25) is 0 Å². The first-order chi connectivity index (χ1) is 14.1. The normalized spacial score (nSPS) is 20.4. The van der Waals surface area contributed by atoms with Gasteiger partial charge in [-0.25, -0.2) is 4.99 Å². The molecule has 154 valence electrons. The Bertz CT molecular complexity index is 1120. The molecule has 2 heterocycles. The third kappa shape index (κ3) is 3.94. The molecular formula is C25H27N3OS. The second kappa shape index (κ2) is 7.47. The lowest BCUT2D eigenvalue weighted by molar-refractivity contribution is -0.115. The lowest BCUT2D eigenvalue weighted by Gasteiger charge is -2.40. The van der Waals surface area contributed by atoms with E-state index < -0.39 is 0 Å². The zero-order valence-electron chi connectivity index (χ0n) is 18.3. The molecule has 4 nitrogen and oxygen atoms in total. The lowest BCUT2D eigenvalue weighted by atomic mass is 9.88. The molecule has 0 unspecified atom stereocenters. The summed E-state index contributed by atoms with van der Waals surface area (Å²) in [6.45, 7) is 10.7. The first kappa shape index (κ1) is 20.5. The number of nitrogens with zero attached hydrogens (tertiary/aromatic N) is 2.